The Morgan fingerprint density at radius 2 is 1.89 bits per heavy atom. The van der Waals surface area contributed by atoms with Gasteiger partial charge in [-0.2, -0.15) is 0 Å². The summed E-state index contributed by atoms with van der Waals surface area (Å²) >= 11 is 0. The number of rotatable bonds is 4. The molecule has 0 aliphatic heterocycles. The molecule has 0 aromatic heterocycles. The van der Waals surface area contributed by atoms with E-state index < -0.39 is 0 Å². The fourth-order valence-electron chi connectivity index (χ4n) is 5.23. The lowest BCUT2D eigenvalue weighted by Crippen LogP contribution is -2.28. The summed E-state index contributed by atoms with van der Waals surface area (Å²) in [5, 5.41) is 0. The van der Waals surface area contributed by atoms with Crippen LogP contribution in [0.5, 0.6) is 5.75 Å². The van der Waals surface area contributed by atoms with Gasteiger partial charge in [0.25, 0.3) is 0 Å². The highest BCUT2D eigenvalue weighted by atomic mass is 16.5. The summed E-state index contributed by atoms with van der Waals surface area (Å²) in [6, 6.07) is 8.64. The Bertz CT molecular complexity index is 470. The van der Waals surface area contributed by atoms with Crippen LogP contribution >= 0.6 is 0 Å². The van der Waals surface area contributed by atoms with Gasteiger partial charge in [-0.05, 0) is 66.9 Å². The minimum absolute atomic E-state index is 0.328. The monoisotopic (exact) mass is 257 g/mol. The summed E-state index contributed by atoms with van der Waals surface area (Å²) in [6.07, 6.45) is 5.43. The van der Waals surface area contributed by atoms with Crippen LogP contribution in [0.1, 0.15) is 24.8 Å². The Hall–Kier alpha value is -1.02. The molecule has 2 N–H and O–H groups in total. The first-order chi connectivity index (χ1) is 9.29. The molecular weight excluding hydrogens is 234 g/mol. The minimum Gasteiger partial charge on any atom is -0.496 e. The van der Waals surface area contributed by atoms with Crippen LogP contribution in [0, 0.1) is 29.6 Å². The van der Waals surface area contributed by atoms with Crippen molar-refractivity contribution in [1.29, 1.82) is 0 Å². The molecule has 3 saturated carbocycles. The average molecular weight is 257 g/mol. The molecule has 5 atom stereocenters. The normalized spacial score (nSPS) is 40.0. The Morgan fingerprint density at radius 3 is 2.58 bits per heavy atom. The highest BCUT2D eigenvalue weighted by Crippen LogP contribution is 2.70. The summed E-state index contributed by atoms with van der Waals surface area (Å²) in [4.78, 5) is 0. The van der Waals surface area contributed by atoms with Gasteiger partial charge in [-0.1, -0.05) is 18.2 Å². The number of fused-ring (bicyclic) bond motifs is 5. The zero-order chi connectivity index (χ0) is 13.0. The van der Waals surface area contributed by atoms with Crippen molar-refractivity contribution in [2.75, 3.05) is 7.11 Å². The van der Waals surface area contributed by atoms with Crippen molar-refractivity contribution in [2.24, 2.45) is 35.3 Å². The number of hydrogen-bond acceptors (Lipinski definition) is 2. The van der Waals surface area contributed by atoms with Gasteiger partial charge in [-0.15, -0.1) is 0 Å². The fraction of sp³-hybridized carbons (Fsp3) is 0.647. The molecule has 19 heavy (non-hydrogen) atoms. The molecule has 3 aliphatic rings. The van der Waals surface area contributed by atoms with Crippen molar-refractivity contribution in [3.05, 3.63) is 29.8 Å². The molecular formula is C17H23NO. The topological polar surface area (TPSA) is 35.2 Å². The van der Waals surface area contributed by atoms with Crippen molar-refractivity contribution in [2.45, 2.75) is 31.7 Å². The van der Waals surface area contributed by atoms with E-state index in [4.69, 9.17) is 10.5 Å². The Labute approximate surface area is 115 Å². The van der Waals surface area contributed by atoms with Crippen LogP contribution < -0.4 is 10.5 Å². The predicted molar refractivity (Wildman–Crippen MR) is 76.0 cm³/mol. The molecule has 102 valence electrons. The van der Waals surface area contributed by atoms with Gasteiger partial charge < -0.3 is 10.5 Å². The van der Waals surface area contributed by atoms with Crippen LogP contribution in [0.2, 0.25) is 0 Å². The van der Waals surface area contributed by atoms with E-state index in [-0.39, 0.29) is 0 Å². The maximum Gasteiger partial charge on any atom is 0.122 e. The first-order valence-corrected chi connectivity index (χ1v) is 7.67. The van der Waals surface area contributed by atoms with Gasteiger partial charge >= 0.3 is 0 Å². The third-order valence-corrected chi connectivity index (χ3v) is 5.94. The molecule has 1 aromatic rings. The summed E-state index contributed by atoms with van der Waals surface area (Å²) in [7, 11) is 1.75. The van der Waals surface area contributed by atoms with E-state index in [0.29, 0.717) is 6.04 Å². The van der Waals surface area contributed by atoms with E-state index in [1.165, 1.54) is 24.8 Å². The van der Waals surface area contributed by atoms with Gasteiger partial charge in [0, 0.05) is 6.04 Å². The van der Waals surface area contributed by atoms with Gasteiger partial charge in [-0.3, -0.25) is 0 Å². The second kappa shape index (κ2) is 4.24. The lowest BCUT2D eigenvalue weighted by Gasteiger charge is -2.17. The van der Waals surface area contributed by atoms with Crippen molar-refractivity contribution in [3.8, 4) is 5.75 Å². The molecule has 3 aliphatic carbocycles. The maximum atomic E-state index is 6.52. The quantitative estimate of drug-likeness (QED) is 0.900. The van der Waals surface area contributed by atoms with Gasteiger partial charge in [-0.25, -0.2) is 0 Å². The first kappa shape index (κ1) is 11.8. The van der Waals surface area contributed by atoms with Gasteiger partial charge in [0.1, 0.15) is 5.75 Å². The van der Waals surface area contributed by atoms with Crippen molar-refractivity contribution in [1.82, 2.24) is 0 Å². The summed E-state index contributed by atoms with van der Waals surface area (Å²) in [6.45, 7) is 0. The molecule has 4 rings (SSSR count). The van der Waals surface area contributed by atoms with Crippen molar-refractivity contribution in [3.63, 3.8) is 0 Å². The van der Waals surface area contributed by atoms with E-state index in [9.17, 15) is 0 Å². The third-order valence-electron chi connectivity index (χ3n) is 5.94. The molecule has 0 saturated heterocycles. The molecule has 0 radical (unpaired) electrons. The second-order valence-electron chi connectivity index (χ2n) is 6.75. The first-order valence-electron chi connectivity index (χ1n) is 7.67. The lowest BCUT2D eigenvalue weighted by atomic mass is 9.93. The van der Waals surface area contributed by atoms with Gasteiger partial charge in [0.2, 0.25) is 0 Å². The number of nitrogens with two attached hydrogens (primary N) is 1. The number of hydrogen-bond donors (Lipinski definition) is 1. The highest BCUT2D eigenvalue weighted by molar-refractivity contribution is 5.34. The van der Waals surface area contributed by atoms with Gasteiger partial charge in [0.15, 0.2) is 0 Å². The fourth-order valence-corrected chi connectivity index (χ4v) is 5.23. The summed E-state index contributed by atoms with van der Waals surface area (Å²) in [5.74, 6) is 5.78. The van der Waals surface area contributed by atoms with Crippen LogP contribution in [0.25, 0.3) is 0 Å². The number of benzene rings is 1. The SMILES string of the molecule is COc1ccccc1CC(N)C1C2C3CCC(C3)C12. The summed E-state index contributed by atoms with van der Waals surface area (Å²) in [5.41, 5.74) is 7.79. The average Bonchev–Trinajstić information content (AvgIpc) is 2.88. The summed E-state index contributed by atoms with van der Waals surface area (Å²) < 4.78 is 5.44. The Morgan fingerprint density at radius 1 is 1.21 bits per heavy atom. The Balaban J connectivity index is 1.47. The molecule has 2 nitrogen and oxygen atoms in total. The van der Waals surface area contributed by atoms with E-state index in [0.717, 1.165) is 41.8 Å². The van der Waals surface area contributed by atoms with Crippen LogP contribution in [0.15, 0.2) is 24.3 Å². The van der Waals surface area contributed by atoms with Crippen LogP contribution in [0.3, 0.4) is 0 Å². The highest BCUT2D eigenvalue weighted by Gasteiger charge is 2.66. The molecule has 1 aromatic carbocycles. The molecule has 2 bridgehead atoms. The van der Waals surface area contributed by atoms with Crippen molar-refractivity contribution >= 4 is 0 Å². The minimum atomic E-state index is 0.328. The predicted octanol–water partition coefficient (Wildman–Crippen LogP) is 2.86. The third kappa shape index (κ3) is 1.73. The lowest BCUT2D eigenvalue weighted by molar-refractivity contribution is 0.391. The zero-order valence-electron chi connectivity index (χ0n) is 11.6. The van der Waals surface area contributed by atoms with Crippen LogP contribution in [-0.4, -0.2) is 13.2 Å². The smallest absolute Gasteiger partial charge is 0.122 e. The van der Waals surface area contributed by atoms with Gasteiger partial charge in [0.05, 0.1) is 7.11 Å². The molecule has 2 heteroatoms. The molecule has 5 unspecified atom stereocenters. The standard InChI is InChI=1S/C17H23NO/c1-19-14-5-3-2-4-10(14)9-13(18)17-15-11-6-7-12(8-11)16(15)17/h2-5,11-13,15-17H,6-9,18H2,1H3. The second-order valence-corrected chi connectivity index (χ2v) is 6.75. The van der Waals surface area contributed by atoms with E-state index in [1.54, 1.807) is 7.11 Å². The molecule has 0 heterocycles. The van der Waals surface area contributed by atoms with E-state index in [1.807, 2.05) is 12.1 Å². The van der Waals surface area contributed by atoms with Crippen LogP contribution in [0.4, 0.5) is 0 Å². The van der Waals surface area contributed by atoms with Crippen LogP contribution in [-0.2, 0) is 6.42 Å². The maximum absolute atomic E-state index is 6.52. The molecule has 0 amide bonds. The molecule has 3 fully saturated rings. The largest absolute Gasteiger partial charge is 0.496 e. The van der Waals surface area contributed by atoms with Crippen molar-refractivity contribution < 1.29 is 4.74 Å². The number of ether oxygens (including phenoxy) is 1. The Kier molecular flexibility index (Phi) is 2.63. The van der Waals surface area contributed by atoms with E-state index >= 15 is 0 Å². The zero-order valence-corrected chi connectivity index (χ0v) is 11.6. The number of para-hydroxylation sites is 1. The van der Waals surface area contributed by atoms with E-state index in [2.05, 4.69) is 12.1 Å². The number of methoxy groups -OCH3 is 1. The molecule has 0 spiro atoms.